The molecule has 1 rings (SSSR count). The molecule has 0 heterocycles. The number of halogens is 2. The second-order valence-electron chi connectivity index (χ2n) is 2.86. The molecule has 0 spiro atoms. The number of esters is 1. The highest BCUT2D eigenvalue weighted by Gasteiger charge is 2.16. The fourth-order valence-corrected chi connectivity index (χ4v) is 1.14. The minimum Gasteiger partial charge on any atom is -0.465 e. The van der Waals surface area contributed by atoms with Gasteiger partial charge in [0.2, 0.25) is 0 Å². The van der Waals surface area contributed by atoms with Crippen LogP contribution in [0.1, 0.15) is 15.9 Å². The first kappa shape index (κ1) is 12.4. The van der Waals surface area contributed by atoms with E-state index < -0.39 is 12.6 Å². The maximum atomic E-state index is 12.0. The van der Waals surface area contributed by atoms with Crippen LogP contribution in [-0.4, -0.2) is 24.8 Å². The van der Waals surface area contributed by atoms with Crippen LogP contribution in [0.2, 0.25) is 0 Å². The molecule has 0 aliphatic rings. The van der Waals surface area contributed by atoms with E-state index >= 15 is 0 Å². The molecular weight excluding hydrogens is 222 g/mol. The lowest BCUT2D eigenvalue weighted by Gasteiger charge is -2.10. The molecule has 1 aromatic carbocycles. The van der Waals surface area contributed by atoms with Gasteiger partial charge in [0.05, 0.1) is 13.7 Å². The first-order chi connectivity index (χ1) is 7.58. The maximum Gasteiger partial charge on any atom is 0.387 e. The van der Waals surface area contributed by atoms with Gasteiger partial charge in [-0.25, -0.2) is 4.79 Å². The van der Waals surface area contributed by atoms with E-state index in [1.54, 1.807) is 0 Å². The number of hydrogen-bond acceptors (Lipinski definition) is 4. The summed E-state index contributed by atoms with van der Waals surface area (Å²) in [7, 11) is 1.13. The second kappa shape index (κ2) is 5.41. The second-order valence-corrected chi connectivity index (χ2v) is 2.86. The van der Waals surface area contributed by atoms with Gasteiger partial charge < -0.3 is 14.6 Å². The highest BCUT2D eigenvalue weighted by molar-refractivity contribution is 5.92. The molecule has 1 N–H and O–H groups in total. The SMILES string of the molecule is COC(=O)c1cc(CO)ccc1OC(F)F. The van der Waals surface area contributed by atoms with Gasteiger partial charge in [0.25, 0.3) is 0 Å². The van der Waals surface area contributed by atoms with Gasteiger partial charge in [-0.2, -0.15) is 8.78 Å². The predicted molar refractivity (Wildman–Crippen MR) is 50.3 cm³/mol. The number of carbonyl (C=O) groups excluding carboxylic acids is 1. The maximum absolute atomic E-state index is 12.0. The number of benzene rings is 1. The van der Waals surface area contributed by atoms with Crippen LogP contribution in [0.25, 0.3) is 0 Å². The molecule has 0 aromatic heterocycles. The molecule has 16 heavy (non-hydrogen) atoms. The number of aliphatic hydroxyl groups excluding tert-OH is 1. The summed E-state index contributed by atoms with van der Waals surface area (Å²) in [6, 6.07) is 3.80. The number of alkyl halides is 2. The van der Waals surface area contributed by atoms with Crippen molar-refractivity contribution in [3.63, 3.8) is 0 Å². The van der Waals surface area contributed by atoms with Crippen LogP contribution in [0.5, 0.6) is 5.75 Å². The third-order valence-corrected chi connectivity index (χ3v) is 1.85. The van der Waals surface area contributed by atoms with Crippen molar-refractivity contribution in [3.8, 4) is 5.75 Å². The van der Waals surface area contributed by atoms with Crippen molar-refractivity contribution in [2.45, 2.75) is 13.2 Å². The Morgan fingerprint density at radius 2 is 2.19 bits per heavy atom. The topological polar surface area (TPSA) is 55.8 Å². The normalized spacial score (nSPS) is 10.3. The van der Waals surface area contributed by atoms with Crippen LogP contribution in [0.3, 0.4) is 0 Å². The molecule has 0 radical (unpaired) electrons. The van der Waals surface area contributed by atoms with Crippen molar-refractivity contribution in [2.75, 3.05) is 7.11 Å². The smallest absolute Gasteiger partial charge is 0.387 e. The third kappa shape index (κ3) is 2.90. The van der Waals surface area contributed by atoms with Crippen molar-refractivity contribution in [1.82, 2.24) is 0 Å². The molecule has 0 unspecified atom stereocenters. The van der Waals surface area contributed by atoms with E-state index in [0.29, 0.717) is 5.56 Å². The van der Waals surface area contributed by atoms with E-state index in [0.717, 1.165) is 7.11 Å². The van der Waals surface area contributed by atoms with E-state index in [1.165, 1.54) is 18.2 Å². The van der Waals surface area contributed by atoms with Crippen LogP contribution in [0.15, 0.2) is 18.2 Å². The lowest BCUT2D eigenvalue weighted by molar-refractivity contribution is -0.0504. The Hall–Kier alpha value is -1.69. The van der Waals surface area contributed by atoms with Gasteiger partial charge in [-0.1, -0.05) is 6.07 Å². The van der Waals surface area contributed by atoms with Crippen molar-refractivity contribution < 1.29 is 28.2 Å². The van der Waals surface area contributed by atoms with Crippen molar-refractivity contribution in [3.05, 3.63) is 29.3 Å². The fourth-order valence-electron chi connectivity index (χ4n) is 1.14. The number of hydrogen-bond donors (Lipinski definition) is 1. The summed E-state index contributed by atoms with van der Waals surface area (Å²) < 4.78 is 32.6. The molecule has 88 valence electrons. The van der Waals surface area contributed by atoms with Gasteiger partial charge in [0.1, 0.15) is 11.3 Å². The number of rotatable bonds is 4. The predicted octanol–water partition coefficient (Wildman–Crippen LogP) is 1.57. The summed E-state index contributed by atoms with van der Waals surface area (Å²) in [6.45, 7) is -3.33. The summed E-state index contributed by atoms with van der Waals surface area (Å²) in [6.07, 6.45) is 0. The molecule has 0 aliphatic carbocycles. The molecule has 0 aliphatic heterocycles. The van der Waals surface area contributed by atoms with Crippen molar-refractivity contribution in [1.29, 1.82) is 0 Å². The zero-order chi connectivity index (χ0) is 12.1. The third-order valence-electron chi connectivity index (χ3n) is 1.85. The van der Waals surface area contributed by atoms with Gasteiger partial charge >= 0.3 is 12.6 Å². The minimum atomic E-state index is -3.02. The van der Waals surface area contributed by atoms with Gasteiger partial charge in [0.15, 0.2) is 0 Å². The summed E-state index contributed by atoms with van der Waals surface area (Å²) in [5, 5.41) is 8.85. The molecule has 1 aromatic rings. The first-order valence-corrected chi connectivity index (χ1v) is 4.35. The number of ether oxygens (including phenoxy) is 2. The van der Waals surface area contributed by atoms with Crippen LogP contribution in [-0.2, 0) is 11.3 Å². The average molecular weight is 232 g/mol. The molecule has 4 nitrogen and oxygen atoms in total. The Balaban J connectivity index is 3.11. The number of carbonyl (C=O) groups is 1. The van der Waals surface area contributed by atoms with Crippen LogP contribution >= 0.6 is 0 Å². The lowest BCUT2D eigenvalue weighted by atomic mass is 10.1. The standard InChI is InChI=1S/C10H10F2O4/c1-15-9(14)7-4-6(5-13)2-3-8(7)16-10(11)12/h2-4,10,13H,5H2,1H3. The molecule has 0 saturated carbocycles. The zero-order valence-corrected chi connectivity index (χ0v) is 8.44. The zero-order valence-electron chi connectivity index (χ0n) is 8.44. The quantitative estimate of drug-likeness (QED) is 0.800. The monoisotopic (exact) mass is 232 g/mol. The Kier molecular flexibility index (Phi) is 4.19. The van der Waals surface area contributed by atoms with Gasteiger partial charge in [-0.15, -0.1) is 0 Å². The number of methoxy groups -OCH3 is 1. The Bertz CT molecular complexity index is 379. The first-order valence-electron chi connectivity index (χ1n) is 4.35. The van der Waals surface area contributed by atoms with Crippen molar-refractivity contribution >= 4 is 5.97 Å². The van der Waals surface area contributed by atoms with Crippen molar-refractivity contribution in [2.24, 2.45) is 0 Å². The van der Waals surface area contributed by atoms with E-state index in [-0.39, 0.29) is 17.9 Å². The lowest BCUT2D eigenvalue weighted by Crippen LogP contribution is -2.09. The van der Waals surface area contributed by atoms with Crippen LogP contribution in [0, 0.1) is 0 Å². The van der Waals surface area contributed by atoms with Crippen LogP contribution in [0.4, 0.5) is 8.78 Å². The van der Waals surface area contributed by atoms with E-state index in [4.69, 9.17) is 5.11 Å². The summed E-state index contributed by atoms with van der Waals surface area (Å²) in [5.41, 5.74) is 0.261. The van der Waals surface area contributed by atoms with E-state index in [2.05, 4.69) is 9.47 Å². The highest BCUT2D eigenvalue weighted by Crippen LogP contribution is 2.23. The van der Waals surface area contributed by atoms with Crippen LogP contribution < -0.4 is 4.74 Å². The fraction of sp³-hybridized carbons (Fsp3) is 0.300. The van der Waals surface area contributed by atoms with Gasteiger partial charge in [0, 0.05) is 0 Å². The number of aliphatic hydroxyl groups is 1. The van der Waals surface area contributed by atoms with Gasteiger partial charge in [-0.05, 0) is 17.7 Å². The van der Waals surface area contributed by atoms with Gasteiger partial charge in [-0.3, -0.25) is 0 Å². The largest absolute Gasteiger partial charge is 0.465 e. The Morgan fingerprint density at radius 3 is 2.69 bits per heavy atom. The van der Waals surface area contributed by atoms with E-state index in [1.807, 2.05) is 0 Å². The average Bonchev–Trinajstić information content (AvgIpc) is 2.28. The molecule has 6 heteroatoms. The summed E-state index contributed by atoms with van der Waals surface area (Å²) in [4.78, 5) is 11.3. The Labute approximate surface area is 90.4 Å². The summed E-state index contributed by atoms with van der Waals surface area (Å²) in [5.74, 6) is -1.08. The molecule has 0 amide bonds. The highest BCUT2D eigenvalue weighted by atomic mass is 19.3. The Morgan fingerprint density at radius 1 is 1.50 bits per heavy atom. The molecular formula is C10H10F2O4. The minimum absolute atomic E-state index is 0.144. The molecule has 0 bridgehead atoms. The molecule has 0 fully saturated rings. The molecule has 0 saturated heterocycles. The molecule has 0 atom stereocenters. The van der Waals surface area contributed by atoms with E-state index in [9.17, 15) is 13.6 Å². The summed E-state index contributed by atoms with van der Waals surface area (Å²) >= 11 is 0.